The predicted molar refractivity (Wildman–Crippen MR) is 104 cm³/mol. The van der Waals surface area contributed by atoms with E-state index in [-0.39, 0.29) is 11.8 Å². The lowest BCUT2D eigenvalue weighted by Crippen LogP contribution is -2.24. The van der Waals surface area contributed by atoms with Gasteiger partial charge in [-0.3, -0.25) is 4.57 Å². The summed E-state index contributed by atoms with van der Waals surface area (Å²) in [6.45, 7) is 4.06. The summed E-state index contributed by atoms with van der Waals surface area (Å²) in [6, 6.07) is 4.08. The Hall–Kier alpha value is -1.68. The van der Waals surface area contributed by atoms with Crippen LogP contribution < -0.4 is 0 Å². The zero-order valence-corrected chi connectivity index (χ0v) is 16.5. The molecule has 0 amide bonds. The van der Waals surface area contributed by atoms with E-state index in [9.17, 15) is 10.2 Å². The molecule has 0 saturated heterocycles. The lowest BCUT2D eigenvalue weighted by atomic mass is 9.72. The van der Waals surface area contributed by atoms with Gasteiger partial charge in [0.15, 0.2) is 0 Å². The number of halogens is 1. The number of rotatable bonds is 1. The quantitative estimate of drug-likeness (QED) is 0.494. The summed E-state index contributed by atoms with van der Waals surface area (Å²) in [6.07, 6.45) is 7.19. The molecule has 4 aliphatic rings. The van der Waals surface area contributed by atoms with Crippen molar-refractivity contribution in [3.05, 3.63) is 51.0 Å². The summed E-state index contributed by atoms with van der Waals surface area (Å²) in [5.74, 6) is 4.02. The molecule has 2 aromatic rings. The largest absolute Gasteiger partial charge is 0.494 e. The monoisotopic (exact) mass is 411 g/mol. The summed E-state index contributed by atoms with van der Waals surface area (Å²) in [5, 5.41) is 22.4. The predicted octanol–water partition coefficient (Wildman–Crippen LogP) is 5.29. The average Bonchev–Trinajstić information content (AvgIpc) is 3.35. The van der Waals surface area contributed by atoms with Gasteiger partial charge in [-0.05, 0) is 85.5 Å². The summed E-state index contributed by atoms with van der Waals surface area (Å²) < 4.78 is 2.73. The maximum atomic E-state index is 11.2. The van der Waals surface area contributed by atoms with Gasteiger partial charge in [-0.2, -0.15) is 0 Å². The van der Waals surface area contributed by atoms with E-state index >= 15 is 0 Å². The minimum absolute atomic E-state index is 0.267. The minimum atomic E-state index is 0.267. The molecular formula is C22H22BrNO2. The Morgan fingerprint density at radius 3 is 1.88 bits per heavy atom. The molecule has 0 radical (unpaired) electrons. The number of hydrogen-bond donors (Lipinski definition) is 2. The van der Waals surface area contributed by atoms with Crippen LogP contribution in [0.15, 0.2) is 28.8 Å². The first-order valence-electron chi connectivity index (χ1n) is 9.59. The molecule has 6 atom stereocenters. The molecule has 1 aromatic carbocycles. The Labute approximate surface area is 161 Å². The van der Waals surface area contributed by atoms with E-state index < -0.39 is 0 Å². The summed E-state index contributed by atoms with van der Waals surface area (Å²) >= 11 is 3.54. The molecule has 3 nitrogen and oxygen atoms in total. The molecule has 2 fully saturated rings. The summed E-state index contributed by atoms with van der Waals surface area (Å²) in [5.41, 5.74) is 5.08. The van der Waals surface area contributed by atoms with Gasteiger partial charge in [0.2, 0.25) is 11.8 Å². The minimum Gasteiger partial charge on any atom is -0.494 e. The van der Waals surface area contributed by atoms with Crippen molar-refractivity contribution in [3.8, 4) is 17.4 Å². The average molecular weight is 412 g/mol. The van der Waals surface area contributed by atoms with Crippen LogP contribution >= 0.6 is 15.9 Å². The van der Waals surface area contributed by atoms with Gasteiger partial charge in [0.25, 0.3) is 0 Å². The van der Waals surface area contributed by atoms with Crippen LogP contribution in [0.2, 0.25) is 0 Å². The van der Waals surface area contributed by atoms with Crippen LogP contribution in [-0.4, -0.2) is 14.8 Å². The van der Waals surface area contributed by atoms with Gasteiger partial charge >= 0.3 is 0 Å². The van der Waals surface area contributed by atoms with E-state index in [1.807, 2.05) is 26.0 Å². The van der Waals surface area contributed by atoms with Gasteiger partial charge in [0, 0.05) is 15.6 Å². The first-order chi connectivity index (χ1) is 12.5. The molecular weight excluding hydrogens is 390 g/mol. The molecule has 0 aliphatic heterocycles. The number of nitrogens with zero attached hydrogens (tertiary/aromatic N) is 1. The second kappa shape index (κ2) is 4.78. The maximum Gasteiger partial charge on any atom is 0.202 e. The van der Waals surface area contributed by atoms with Gasteiger partial charge in [0.05, 0.1) is 5.69 Å². The second-order valence-corrected chi connectivity index (χ2v) is 9.67. The Bertz CT molecular complexity index is 934. The van der Waals surface area contributed by atoms with E-state index in [0.717, 1.165) is 38.8 Å². The van der Waals surface area contributed by atoms with Gasteiger partial charge in [-0.15, -0.1) is 0 Å². The Morgan fingerprint density at radius 1 is 0.885 bits per heavy atom. The smallest absolute Gasteiger partial charge is 0.202 e. The van der Waals surface area contributed by atoms with Crippen LogP contribution in [0.3, 0.4) is 0 Å². The van der Waals surface area contributed by atoms with Crippen LogP contribution in [0.5, 0.6) is 11.8 Å². The first kappa shape index (κ1) is 15.4. The number of hydrogen-bond acceptors (Lipinski definition) is 2. The molecule has 6 unspecified atom stereocenters. The SMILES string of the molecule is Cc1cc(Br)cc(C)c1-n1c(O)c2c(c1O)C1CC2C2C3C=CC(C3)C12. The zero-order chi connectivity index (χ0) is 17.9. The zero-order valence-electron chi connectivity index (χ0n) is 14.9. The highest BCUT2D eigenvalue weighted by Gasteiger charge is 2.62. The fourth-order valence-corrected chi connectivity index (χ4v) is 7.71. The van der Waals surface area contributed by atoms with Crippen LogP contribution in [-0.2, 0) is 0 Å². The van der Waals surface area contributed by atoms with Crippen molar-refractivity contribution < 1.29 is 10.2 Å². The lowest BCUT2D eigenvalue weighted by molar-refractivity contribution is 0.298. The van der Waals surface area contributed by atoms with E-state index in [1.54, 1.807) is 4.57 Å². The first-order valence-corrected chi connectivity index (χ1v) is 10.4. The van der Waals surface area contributed by atoms with Gasteiger partial charge in [-0.25, -0.2) is 0 Å². The molecule has 6 rings (SSSR count). The van der Waals surface area contributed by atoms with Crippen molar-refractivity contribution in [2.75, 3.05) is 0 Å². The van der Waals surface area contributed by atoms with Crippen molar-refractivity contribution >= 4 is 15.9 Å². The fourth-order valence-electron chi connectivity index (χ4n) is 7.02. The molecule has 1 aromatic heterocycles. The van der Waals surface area contributed by atoms with E-state index in [1.165, 1.54) is 6.42 Å². The third-order valence-corrected chi connectivity index (χ3v) is 8.09. The highest BCUT2D eigenvalue weighted by Crippen LogP contribution is 2.72. The van der Waals surface area contributed by atoms with Crippen molar-refractivity contribution in [2.24, 2.45) is 23.7 Å². The molecule has 2 saturated carbocycles. The molecule has 2 N–H and O–H groups in total. The van der Waals surface area contributed by atoms with Crippen LogP contribution in [0, 0.1) is 37.5 Å². The van der Waals surface area contributed by atoms with Gasteiger partial charge < -0.3 is 10.2 Å². The van der Waals surface area contributed by atoms with E-state index in [2.05, 4.69) is 28.1 Å². The van der Waals surface area contributed by atoms with E-state index in [0.29, 0.717) is 35.5 Å². The molecule has 1 heterocycles. The summed E-state index contributed by atoms with van der Waals surface area (Å²) in [4.78, 5) is 0. The van der Waals surface area contributed by atoms with Crippen molar-refractivity contribution in [3.63, 3.8) is 0 Å². The molecule has 0 spiro atoms. The molecule has 4 bridgehead atoms. The molecule has 134 valence electrons. The van der Waals surface area contributed by atoms with Gasteiger partial charge in [0.1, 0.15) is 0 Å². The third-order valence-electron chi connectivity index (χ3n) is 7.64. The van der Waals surface area contributed by atoms with E-state index in [4.69, 9.17) is 0 Å². The highest BCUT2D eigenvalue weighted by molar-refractivity contribution is 9.10. The van der Waals surface area contributed by atoms with Crippen molar-refractivity contribution in [1.82, 2.24) is 4.57 Å². The van der Waals surface area contributed by atoms with Crippen LogP contribution in [0.4, 0.5) is 0 Å². The number of aryl methyl sites for hydroxylation is 2. The summed E-state index contributed by atoms with van der Waals surface area (Å²) in [7, 11) is 0. The maximum absolute atomic E-state index is 11.2. The van der Waals surface area contributed by atoms with Crippen LogP contribution in [0.1, 0.15) is 46.9 Å². The molecule has 4 aliphatic carbocycles. The number of allylic oxidation sites excluding steroid dienone is 2. The van der Waals surface area contributed by atoms with Crippen LogP contribution in [0.25, 0.3) is 5.69 Å². The highest BCUT2D eigenvalue weighted by atomic mass is 79.9. The standard InChI is InChI=1S/C22H22BrNO2/c1-9-5-13(23)6-10(2)20(9)24-21(25)18-14-8-15(19(18)22(24)26)17-12-4-3-11(7-12)16(14)17/h3-6,11-12,14-17,25-26H,7-8H2,1-2H3. The normalized spacial score (nSPS) is 35.3. The van der Waals surface area contributed by atoms with Gasteiger partial charge in [-0.1, -0.05) is 28.1 Å². The fraction of sp³-hybridized carbons (Fsp3) is 0.455. The number of aromatic nitrogens is 1. The number of aromatic hydroxyl groups is 2. The van der Waals surface area contributed by atoms with Crippen molar-refractivity contribution in [1.29, 1.82) is 0 Å². The Balaban J connectivity index is 1.57. The topological polar surface area (TPSA) is 45.4 Å². The molecule has 26 heavy (non-hydrogen) atoms. The number of fused-ring (bicyclic) bond motifs is 12. The molecule has 4 heteroatoms. The number of benzene rings is 1. The Morgan fingerprint density at radius 2 is 1.38 bits per heavy atom. The van der Waals surface area contributed by atoms with Crippen molar-refractivity contribution in [2.45, 2.75) is 38.5 Å². The third kappa shape index (κ3) is 1.61. The second-order valence-electron chi connectivity index (χ2n) is 8.75. The Kier molecular flexibility index (Phi) is 2.83. The lowest BCUT2D eigenvalue weighted by Gasteiger charge is -2.31.